The van der Waals surface area contributed by atoms with Crippen LogP contribution in [-0.4, -0.2) is 19.9 Å². The lowest BCUT2D eigenvalue weighted by Gasteiger charge is -2.31. The summed E-state index contributed by atoms with van der Waals surface area (Å²) in [5.41, 5.74) is 11.7. The lowest BCUT2D eigenvalue weighted by atomic mass is 9.70. The van der Waals surface area contributed by atoms with E-state index >= 15 is 0 Å². The Morgan fingerprint density at radius 3 is 1.24 bits per heavy atom. The summed E-state index contributed by atoms with van der Waals surface area (Å²) >= 11 is 0. The maximum atomic E-state index is 4.55. The van der Waals surface area contributed by atoms with Crippen LogP contribution in [0.3, 0.4) is 0 Å². The molecule has 0 radical (unpaired) electrons. The molecule has 4 nitrogen and oxygen atoms in total. The van der Waals surface area contributed by atoms with E-state index in [0.29, 0.717) is 0 Å². The van der Waals surface area contributed by atoms with E-state index in [2.05, 4.69) is 105 Å². The van der Waals surface area contributed by atoms with Crippen LogP contribution in [0.15, 0.2) is 122 Å². The van der Waals surface area contributed by atoms with Crippen molar-refractivity contribution in [3.63, 3.8) is 0 Å². The standard InChI is InChI=1S/C33H20N4/c1-3-9-27-23(7-1)24-8-2-4-10-28(24)33(27)29-19-21(31-34-15-5-16-35-31)11-13-25(29)26-14-12-22(20-30(26)33)32-36-17-6-18-37-32/h1-20H. The molecular formula is C33H20N4. The molecule has 0 unspecified atom stereocenters. The second-order valence-corrected chi connectivity index (χ2v) is 9.51. The second kappa shape index (κ2) is 7.52. The number of benzene rings is 4. The Balaban J connectivity index is 1.50. The number of rotatable bonds is 2. The van der Waals surface area contributed by atoms with E-state index in [1.807, 2.05) is 12.1 Å². The van der Waals surface area contributed by atoms with E-state index in [-0.39, 0.29) is 0 Å². The van der Waals surface area contributed by atoms with Gasteiger partial charge in [-0.05, 0) is 68.8 Å². The van der Waals surface area contributed by atoms with E-state index in [9.17, 15) is 0 Å². The third-order valence-corrected chi connectivity index (χ3v) is 7.74. The molecule has 172 valence electrons. The highest BCUT2D eigenvalue weighted by atomic mass is 14.9. The molecule has 0 amide bonds. The van der Waals surface area contributed by atoms with Crippen LogP contribution in [0.4, 0.5) is 0 Å². The lowest BCUT2D eigenvalue weighted by Crippen LogP contribution is -2.26. The molecule has 0 fully saturated rings. The molecule has 2 aromatic heterocycles. The van der Waals surface area contributed by atoms with Crippen LogP contribution in [0.1, 0.15) is 22.3 Å². The van der Waals surface area contributed by atoms with Crippen LogP contribution in [0.2, 0.25) is 0 Å². The maximum Gasteiger partial charge on any atom is 0.159 e. The molecule has 2 heterocycles. The van der Waals surface area contributed by atoms with Gasteiger partial charge in [-0.15, -0.1) is 0 Å². The highest BCUT2D eigenvalue weighted by Gasteiger charge is 2.51. The van der Waals surface area contributed by atoms with Gasteiger partial charge in [0.1, 0.15) is 0 Å². The fraction of sp³-hybridized carbons (Fsp3) is 0.0303. The Labute approximate surface area is 214 Å². The first-order valence-corrected chi connectivity index (χ1v) is 12.4. The fourth-order valence-electron chi connectivity index (χ4n) is 6.31. The van der Waals surface area contributed by atoms with Crippen molar-refractivity contribution in [1.29, 1.82) is 0 Å². The highest BCUT2D eigenvalue weighted by molar-refractivity contribution is 5.96. The van der Waals surface area contributed by atoms with Gasteiger partial charge in [-0.2, -0.15) is 0 Å². The molecule has 0 N–H and O–H groups in total. The van der Waals surface area contributed by atoms with Gasteiger partial charge in [-0.1, -0.05) is 72.8 Å². The van der Waals surface area contributed by atoms with Gasteiger partial charge in [0.2, 0.25) is 0 Å². The number of nitrogens with zero attached hydrogens (tertiary/aromatic N) is 4. The molecule has 8 rings (SSSR count). The molecule has 0 saturated heterocycles. The zero-order valence-corrected chi connectivity index (χ0v) is 19.8. The smallest absolute Gasteiger partial charge is 0.159 e. The molecule has 4 heteroatoms. The number of aromatic nitrogens is 4. The zero-order chi connectivity index (χ0) is 24.4. The summed E-state index contributed by atoms with van der Waals surface area (Å²) < 4.78 is 0. The average Bonchev–Trinajstić information content (AvgIpc) is 3.45. The summed E-state index contributed by atoms with van der Waals surface area (Å²) in [6.45, 7) is 0. The van der Waals surface area contributed by atoms with Gasteiger partial charge in [0.15, 0.2) is 11.6 Å². The second-order valence-electron chi connectivity index (χ2n) is 9.51. The van der Waals surface area contributed by atoms with Crippen molar-refractivity contribution in [1.82, 2.24) is 19.9 Å². The first kappa shape index (κ1) is 20.3. The molecule has 0 bridgehead atoms. The summed E-state index contributed by atoms with van der Waals surface area (Å²) in [5, 5.41) is 0. The molecule has 6 aromatic rings. The number of fused-ring (bicyclic) bond motifs is 10. The monoisotopic (exact) mass is 472 g/mol. The van der Waals surface area contributed by atoms with E-state index in [4.69, 9.17) is 0 Å². The van der Waals surface area contributed by atoms with Crippen molar-refractivity contribution in [3.8, 4) is 45.0 Å². The van der Waals surface area contributed by atoms with Gasteiger partial charge >= 0.3 is 0 Å². The third kappa shape index (κ3) is 2.67. The van der Waals surface area contributed by atoms with Gasteiger partial charge in [0.05, 0.1) is 5.41 Å². The van der Waals surface area contributed by atoms with Gasteiger partial charge in [0, 0.05) is 35.9 Å². The molecule has 37 heavy (non-hydrogen) atoms. The predicted molar refractivity (Wildman–Crippen MR) is 145 cm³/mol. The molecule has 1 spiro atoms. The summed E-state index contributed by atoms with van der Waals surface area (Å²) in [6, 6.07) is 34.7. The lowest BCUT2D eigenvalue weighted by molar-refractivity contribution is 0.794. The SMILES string of the molecule is c1cnc(-c2ccc3c(c2)C2(c4ccccc4-c4ccccc42)c2cc(-c4ncccn4)ccc2-3)nc1. The van der Waals surface area contributed by atoms with E-state index in [0.717, 1.165) is 22.8 Å². The van der Waals surface area contributed by atoms with Crippen LogP contribution in [0, 0.1) is 0 Å². The molecule has 0 saturated carbocycles. The molecule has 2 aliphatic rings. The molecule has 2 aliphatic carbocycles. The van der Waals surface area contributed by atoms with E-state index in [1.165, 1.54) is 44.5 Å². The first-order chi connectivity index (χ1) is 18.4. The topological polar surface area (TPSA) is 51.6 Å². The van der Waals surface area contributed by atoms with Crippen molar-refractivity contribution in [2.24, 2.45) is 0 Å². The van der Waals surface area contributed by atoms with Crippen molar-refractivity contribution < 1.29 is 0 Å². The average molecular weight is 473 g/mol. The van der Waals surface area contributed by atoms with Crippen LogP contribution < -0.4 is 0 Å². The largest absolute Gasteiger partial charge is 0.237 e. The van der Waals surface area contributed by atoms with Gasteiger partial charge in [-0.25, -0.2) is 19.9 Å². The van der Waals surface area contributed by atoms with Gasteiger partial charge in [-0.3, -0.25) is 0 Å². The first-order valence-electron chi connectivity index (χ1n) is 12.4. The van der Waals surface area contributed by atoms with E-state index < -0.39 is 5.41 Å². The Kier molecular flexibility index (Phi) is 4.12. The van der Waals surface area contributed by atoms with Crippen LogP contribution in [0.25, 0.3) is 45.0 Å². The third-order valence-electron chi connectivity index (χ3n) is 7.74. The minimum absolute atomic E-state index is 0.451. The minimum Gasteiger partial charge on any atom is -0.237 e. The zero-order valence-electron chi connectivity index (χ0n) is 19.8. The molecule has 0 atom stereocenters. The summed E-state index contributed by atoms with van der Waals surface area (Å²) in [4.78, 5) is 18.2. The van der Waals surface area contributed by atoms with E-state index in [1.54, 1.807) is 24.8 Å². The normalized spacial score (nSPS) is 13.6. The highest BCUT2D eigenvalue weighted by Crippen LogP contribution is 2.63. The van der Waals surface area contributed by atoms with Crippen LogP contribution >= 0.6 is 0 Å². The van der Waals surface area contributed by atoms with Crippen LogP contribution in [-0.2, 0) is 5.41 Å². The predicted octanol–water partition coefficient (Wildman–Crippen LogP) is 6.94. The quantitative estimate of drug-likeness (QED) is 0.273. The molecule has 0 aliphatic heterocycles. The van der Waals surface area contributed by atoms with Crippen molar-refractivity contribution in [2.45, 2.75) is 5.41 Å². The Hall–Kier alpha value is -4.96. The summed E-state index contributed by atoms with van der Waals surface area (Å²) in [5.74, 6) is 1.46. The molecule has 4 aromatic carbocycles. The molecular weight excluding hydrogens is 452 g/mol. The van der Waals surface area contributed by atoms with Crippen molar-refractivity contribution >= 4 is 0 Å². The number of hydrogen-bond donors (Lipinski definition) is 0. The van der Waals surface area contributed by atoms with Crippen LogP contribution in [0.5, 0.6) is 0 Å². The fourth-order valence-corrected chi connectivity index (χ4v) is 6.31. The van der Waals surface area contributed by atoms with Crippen molar-refractivity contribution in [2.75, 3.05) is 0 Å². The minimum atomic E-state index is -0.451. The summed E-state index contributed by atoms with van der Waals surface area (Å²) in [7, 11) is 0. The maximum absolute atomic E-state index is 4.55. The Morgan fingerprint density at radius 1 is 0.378 bits per heavy atom. The summed E-state index contributed by atoms with van der Waals surface area (Å²) in [6.07, 6.45) is 7.19. The van der Waals surface area contributed by atoms with Gasteiger partial charge in [0.25, 0.3) is 0 Å². The number of hydrogen-bond acceptors (Lipinski definition) is 4. The van der Waals surface area contributed by atoms with Crippen molar-refractivity contribution in [3.05, 3.63) is 144 Å². The Bertz CT molecular complexity index is 1690. The van der Waals surface area contributed by atoms with Gasteiger partial charge < -0.3 is 0 Å². The Morgan fingerprint density at radius 2 is 0.784 bits per heavy atom.